The number of rotatable bonds is 3. The summed E-state index contributed by atoms with van der Waals surface area (Å²) in [5, 5.41) is 7.30. The minimum Gasteiger partial charge on any atom is -0.497 e. The monoisotopic (exact) mass is 234 g/mol. The van der Waals surface area contributed by atoms with Crippen LogP contribution in [0.2, 0.25) is 0 Å². The van der Waals surface area contributed by atoms with Gasteiger partial charge in [0.1, 0.15) is 5.75 Å². The second-order valence-electron chi connectivity index (χ2n) is 3.11. The van der Waals surface area contributed by atoms with Crippen LogP contribution in [0.25, 0.3) is 11.5 Å². The molecule has 0 aliphatic heterocycles. The molecule has 17 heavy (non-hydrogen) atoms. The molecule has 88 valence electrons. The van der Waals surface area contributed by atoms with Gasteiger partial charge in [0.15, 0.2) is 0 Å². The molecule has 1 amide bonds. The maximum atomic E-state index is 11.1. The summed E-state index contributed by atoms with van der Waals surface area (Å²) in [6, 6.07) is 7.00. The van der Waals surface area contributed by atoms with Crippen LogP contribution < -0.4 is 16.0 Å². The van der Waals surface area contributed by atoms with Gasteiger partial charge in [-0.3, -0.25) is 10.2 Å². The first-order valence-electron chi connectivity index (χ1n) is 4.73. The number of nitrogens with zero attached hydrogens (tertiary/aromatic N) is 2. The van der Waals surface area contributed by atoms with Crippen molar-refractivity contribution in [2.75, 3.05) is 7.11 Å². The number of nitrogens with one attached hydrogen (secondary N) is 1. The molecule has 0 spiro atoms. The highest BCUT2D eigenvalue weighted by atomic mass is 16.5. The lowest BCUT2D eigenvalue weighted by Crippen LogP contribution is -2.30. The number of carbonyl (C=O) groups is 1. The van der Waals surface area contributed by atoms with Crippen molar-refractivity contribution in [3.63, 3.8) is 0 Å². The Labute approximate surface area is 96.6 Å². The highest BCUT2D eigenvalue weighted by molar-refractivity contribution is 5.89. The van der Waals surface area contributed by atoms with Crippen molar-refractivity contribution in [2.45, 2.75) is 0 Å². The van der Waals surface area contributed by atoms with Crippen molar-refractivity contribution >= 4 is 5.91 Å². The number of hydrogen-bond acceptors (Lipinski definition) is 6. The molecule has 0 radical (unpaired) electrons. The molecule has 0 saturated heterocycles. The Kier molecular flexibility index (Phi) is 3.01. The Morgan fingerprint density at radius 2 is 2.06 bits per heavy atom. The first kappa shape index (κ1) is 11.1. The van der Waals surface area contributed by atoms with E-state index in [4.69, 9.17) is 15.0 Å². The van der Waals surface area contributed by atoms with Gasteiger partial charge < -0.3 is 9.15 Å². The van der Waals surface area contributed by atoms with E-state index in [2.05, 4.69) is 10.2 Å². The van der Waals surface area contributed by atoms with E-state index in [-0.39, 0.29) is 11.8 Å². The third-order valence-corrected chi connectivity index (χ3v) is 2.09. The van der Waals surface area contributed by atoms with Gasteiger partial charge in [-0.25, -0.2) is 5.84 Å². The fourth-order valence-electron chi connectivity index (χ4n) is 1.23. The zero-order chi connectivity index (χ0) is 12.3. The summed E-state index contributed by atoms with van der Waals surface area (Å²) in [5.74, 6) is 5.09. The number of carbonyl (C=O) groups excluding carboxylic acids is 1. The molecule has 1 aromatic carbocycles. The quantitative estimate of drug-likeness (QED) is 0.451. The lowest BCUT2D eigenvalue weighted by atomic mass is 10.2. The topological polar surface area (TPSA) is 103 Å². The second-order valence-corrected chi connectivity index (χ2v) is 3.11. The van der Waals surface area contributed by atoms with Crippen LogP contribution in [0.15, 0.2) is 28.7 Å². The number of methoxy groups -OCH3 is 1. The number of hydrazine groups is 1. The number of amides is 1. The fourth-order valence-corrected chi connectivity index (χ4v) is 1.23. The number of nitrogen functional groups attached to an aromatic ring is 1. The van der Waals surface area contributed by atoms with Crippen LogP contribution in [0.5, 0.6) is 5.75 Å². The van der Waals surface area contributed by atoms with E-state index in [0.717, 1.165) is 0 Å². The van der Waals surface area contributed by atoms with E-state index in [1.54, 1.807) is 31.4 Å². The Morgan fingerprint density at radius 3 is 2.65 bits per heavy atom. The third kappa shape index (κ3) is 2.23. The van der Waals surface area contributed by atoms with Gasteiger partial charge in [0.25, 0.3) is 0 Å². The van der Waals surface area contributed by atoms with Crippen molar-refractivity contribution in [2.24, 2.45) is 5.84 Å². The molecular formula is C10H10N4O3. The smallest absolute Gasteiger partial charge is 0.322 e. The zero-order valence-corrected chi connectivity index (χ0v) is 9.01. The molecule has 7 heteroatoms. The number of benzene rings is 1. The largest absolute Gasteiger partial charge is 0.497 e. The van der Waals surface area contributed by atoms with Gasteiger partial charge in [-0.15, -0.1) is 10.2 Å². The number of aromatic nitrogens is 2. The predicted molar refractivity (Wildman–Crippen MR) is 57.9 cm³/mol. The standard InChI is InChI=1S/C10H10N4O3/c1-16-7-4-2-6(3-5-7)9-13-14-10(17-9)8(15)12-11/h2-5H,11H2,1H3,(H,12,15). The van der Waals surface area contributed by atoms with Crippen LogP contribution in [0.3, 0.4) is 0 Å². The molecule has 0 saturated carbocycles. The van der Waals surface area contributed by atoms with Crippen molar-refractivity contribution in [1.82, 2.24) is 15.6 Å². The predicted octanol–water partition coefficient (Wildman–Crippen LogP) is 0.349. The number of ether oxygens (including phenoxy) is 1. The minimum absolute atomic E-state index is 0.182. The normalized spacial score (nSPS) is 10.0. The van der Waals surface area contributed by atoms with Gasteiger partial charge in [-0.05, 0) is 24.3 Å². The first-order valence-corrected chi connectivity index (χ1v) is 4.73. The Hall–Kier alpha value is -2.41. The van der Waals surface area contributed by atoms with Gasteiger partial charge >= 0.3 is 11.8 Å². The second kappa shape index (κ2) is 4.62. The maximum absolute atomic E-state index is 11.1. The lowest BCUT2D eigenvalue weighted by Gasteiger charge is -1.99. The summed E-state index contributed by atoms with van der Waals surface area (Å²) < 4.78 is 10.2. The van der Waals surface area contributed by atoms with E-state index in [9.17, 15) is 4.79 Å². The van der Waals surface area contributed by atoms with Crippen LogP contribution in [-0.4, -0.2) is 23.2 Å². The highest BCUT2D eigenvalue weighted by Gasteiger charge is 2.14. The molecule has 0 aliphatic rings. The van der Waals surface area contributed by atoms with Crippen molar-refractivity contribution in [1.29, 1.82) is 0 Å². The molecular weight excluding hydrogens is 224 g/mol. The summed E-state index contributed by atoms with van der Waals surface area (Å²) >= 11 is 0. The molecule has 2 aromatic rings. The summed E-state index contributed by atoms with van der Waals surface area (Å²) in [5.41, 5.74) is 2.60. The average molecular weight is 234 g/mol. The van der Waals surface area contributed by atoms with Crippen molar-refractivity contribution in [3.8, 4) is 17.2 Å². The van der Waals surface area contributed by atoms with E-state index in [1.807, 2.05) is 5.43 Å². The van der Waals surface area contributed by atoms with Crippen LogP contribution in [-0.2, 0) is 0 Å². The molecule has 0 unspecified atom stereocenters. The summed E-state index contributed by atoms with van der Waals surface area (Å²) in [6.07, 6.45) is 0. The van der Waals surface area contributed by atoms with Gasteiger partial charge in [0.05, 0.1) is 7.11 Å². The van der Waals surface area contributed by atoms with Crippen LogP contribution in [0.4, 0.5) is 0 Å². The van der Waals surface area contributed by atoms with Gasteiger partial charge in [0, 0.05) is 5.56 Å². The lowest BCUT2D eigenvalue weighted by molar-refractivity contribution is 0.0919. The van der Waals surface area contributed by atoms with Gasteiger partial charge in [-0.2, -0.15) is 0 Å². The molecule has 0 atom stereocenters. The van der Waals surface area contributed by atoms with E-state index in [0.29, 0.717) is 11.3 Å². The Bertz CT molecular complexity index is 521. The molecule has 2 rings (SSSR count). The van der Waals surface area contributed by atoms with Crippen LogP contribution in [0, 0.1) is 0 Å². The van der Waals surface area contributed by atoms with Crippen LogP contribution in [0.1, 0.15) is 10.7 Å². The molecule has 1 aromatic heterocycles. The van der Waals surface area contributed by atoms with Gasteiger partial charge in [-0.1, -0.05) is 0 Å². The summed E-state index contributed by atoms with van der Waals surface area (Å²) in [7, 11) is 1.57. The summed E-state index contributed by atoms with van der Waals surface area (Å²) in [4.78, 5) is 11.1. The molecule has 1 heterocycles. The SMILES string of the molecule is COc1ccc(-c2nnc(C(=O)NN)o2)cc1. The molecule has 3 N–H and O–H groups in total. The zero-order valence-electron chi connectivity index (χ0n) is 9.01. The van der Waals surface area contributed by atoms with E-state index in [1.165, 1.54) is 0 Å². The average Bonchev–Trinajstić information content (AvgIpc) is 2.87. The van der Waals surface area contributed by atoms with Crippen LogP contribution >= 0.6 is 0 Å². The van der Waals surface area contributed by atoms with E-state index >= 15 is 0 Å². The maximum Gasteiger partial charge on any atom is 0.322 e. The van der Waals surface area contributed by atoms with E-state index < -0.39 is 5.91 Å². The van der Waals surface area contributed by atoms with Crippen molar-refractivity contribution < 1.29 is 13.9 Å². The molecule has 0 fully saturated rings. The molecule has 0 bridgehead atoms. The third-order valence-electron chi connectivity index (χ3n) is 2.09. The first-order chi connectivity index (χ1) is 8.24. The Morgan fingerprint density at radius 1 is 1.35 bits per heavy atom. The molecule has 7 nitrogen and oxygen atoms in total. The summed E-state index contributed by atoms with van der Waals surface area (Å²) in [6.45, 7) is 0. The number of nitrogens with two attached hydrogens (primary N) is 1. The number of hydrogen-bond donors (Lipinski definition) is 2. The Balaban J connectivity index is 2.27. The van der Waals surface area contributed by atoms with Crippen molar-refractivity contribution in [3.05, 3.63) is 30.2 Å². The van der Waals surface area contributed by atoms with Gasteiger partial charge in [0.2, 0.25) is 5.89 Å². The molecule has 0 aliphatic carbocycles. The fraction of sp³-hybridized carbons (Fsp3) is 0.100. The highest BCUT2D eigenvalue weighted by Crippen LogP contribution is 2.20. The minimum atomic E-state index is -0.628.